The van der Waals surface area contributed by atoms with E-state index in [-0.39, 0.29) is 0 Å². The van der Waals surface area contributed by atoms with Gasteiger partial charge in [0.25, 0.3) is 0 Å². The van der Waals surface area contributed by atoms with E-state index in [1.807, 2.05) is 4.52 Å². The van der Waals surface area contributed by atoms with Crippen LogP contribution in [0.1, 0.15) is 38.2 Å². The summed E-state index contributed by atoms with van der Waals surface area (Å²) in [6, 6.07) is 4.88. The van der Waals surface area contributed by atoms with E-state index in [9.17, 15) is 0 Å². The van der Waals surface area contributed by atoms with Gasteiger partial charge in [0.15, 0.2) is 5.65 Å². The van der Waals surface area contributed by atoms with Crippen LogP contribution < -0.4 is 10.2 Å². The topological polar surface area (TPSA) is 45.5 Å². The molecule has 0 aromatic carbocycles. The lowest BCUT2D eigenvalue weighted by Crippen LogP contribution is -2.46. The molecule has 5 nitrogen and oxygen atoms in total. The second-order valence-corrected chi connectivity index (χ2v) is 5.97. The maximum atomic E-state index is 4.41. The number of rotatable bonds is 5. The molecular weight excluding hydrogens is 262 g/mol. The molecule has 21 heavy (non-hydrogen) atoms. The molecule has 1 saturated heterocycles. The molecule has 114 valence electrons. The van der Waals surface area contributed by atoms with Crippen LogP contribution in [0.15, 0.2) is 18.5 Å². The number of anilines is 1. The van der Waals surface area contributed by atoms with Gasteiger partial charge in [0.1, 0.15) is 12.1 Å². The Kier molecular flexibility index (Phi) is 4.39. The van der Waals surface area contributed by atoms with E-state index in [2.05, 4.69) is 46.3 Å². The monoisotopic (exact) mass is 287 g/mol. The van der Waals surface area contributed by atoms with Gasteiger partial charge >= 0.3 is 0 Å². The zero-order valence-electron chi connectivity index (χ0n) is 13.0. The van der Waals surface area contributed by atoms with Gasteiger partial charge < -0.3 is 10.2 Å². The molecule has 0 spiro atoms. The largest absolute Gasteiger partial charge is 0.352 e. The van der Waals surface area contributed by atoms with Crippen LogP contribution in [-0.4, -0.2) is 40.3 Å². The fourth-order valence-corrected chi connectivity index (χ4v) is 3.20. The van der Waals surface area contributed by atoms with Crippen molar-refractivity contribution in [3.8, 4) is 0 Å². The third-order valence-electron chi connectivity index (χ3n) is 4.23. The molecule has 1 unspecified atom stereocenters. The summed E-state index contributed by atoms with van der Waals surface area (Å²) in [5.74, 6) is 1.19. The van der Waals surface area contributed by atoms with Gasteiger partial charge in [-0.1, -0.05) is 6.92 Å². The van der Waals surface area contributed by atoms with E-state index in [4.69, 9.17) is 0 Å². The van der Waals surface area contributed by atoms with E-state index in [0.717, 1.165) is 25.3 Å². The Morgan fingerprint density at radius 2 is 2.24 bits per heavy atom. The summed E-state index contributed by atoms with van der Waals surface area (Å²) in [6.45, 7) is 7.60. The molecule has 3 heterocycles. The van der Waals surface area contributed by atoms with E-state index in [1.54, 1.807) is 6.33 Å². The fourth-order valence-electron chi connectivity index (χ4n) is 3.20. The predicted octanol–water partition coefficient (Wildman–Crippen LogP) is 2.40. The minimum atomic E-state index is 0.555. The van der Waals surface area contributed by atoms with Crippen molar-refractivity contribution in [1.29, 1.82) is 0 Å². The van der Waals surface area contributed by atoms with Gasteiger partial charge in [-0.2, -0.15) is 9.61 Å². The van der Waals surface area contributed by atoms with Crippen LogP contribution in [0.2, 0.25) is 0 Å². The second kappa shape index (κ2) is 6.43. The molecule has 2 aromatic rings. The van der Waals surface area contributed by atoms with Gasteiger partial charge in [-0.25, -0.2) is 4.98 Å². The van der Waals surface area contributed by atoms with Gasteiger partial charge in [-0.05, 0) is 56.8 Å². The number of nitrogens with zero attached hydrogens (tertiary/aromatic N) is 4. The molecule has 1 aliphatic heterocycles. The highest BCUT2D eigenvalue weighted by Gasteiger charge is 2.24. The molecule has 0 saturated carbocycles. The summed E-state index contributed by atoms with van der Waals surface area (Å²) in [7, 11) is 0. The van der Waals surface area contributed by atoms with Crippen LogP contribution in [0.3, 0.4) is 0 Å². The van der Waals surface area contributed by atoms with E-state index in [1.165, 1.54) is 37.1 Å². The van der Waals surface area contributed by atoms with Crippen LogP contribution in [0, 0.1) is 6.92 Å². The van der Waals surface area contributed by atoms with Gasteiger partial charge in [0, 0.05) is 19.1 Å². The molecule has 0 aliphatic carbocycles. The van der Waals surface area contributed by atoms with Crippen LogP contribution in [0.25, 0.3) is 5.65 Å². The molecule has 3 rings (SSSR count). The van der Waals surface area contributed by atoms with Gasteiger partial charge in [-0.3, -0.25) is 0 Å². The lowest BCUT2D eigenvalue weighted by molar-refractivity contribution is 0.430. The minimum Gasteiger partial charge on any atom is -0.352 e. The molecule has 5 heteroatoms. The van der Waals surface area contributed by atoms with Crippen molar-refractivity contribution < 1.29 is 0 Å². The second-order valence-electron chi connectivity index (χ2n) is 5.97. The predicted molar refractivity (Wildman–Crippen MR) is 85.9 cm³/mol. The number of aryl methyl sites for hydroxylation is 1. The number of fused-ring (bicyclic) bond motifs is 1. The smallest absolute Gasteiger partial charge is 0.157 e. The van der Waals surface area contributed by atoms with E-state index < -0.39 is 0 Å². The molecular formula is C16H25N5. The SMILES string of the molecule is CCCNCC1CCCCN1c1cc(C)cc2ncnn12. The summed E-state index contributed by atoms with van der Waals surface area (Å²) in [5, 5.41) is 7.98. The lowest BCUT2D eigenvalue weighted by atomic mass is 10.0. The van der Waals surface area contributed by atoms with E-state index >= 15 is 0 Å². The van der Waals surface area contributed by atoms with Crippen LogP contribution >= 0.6 is 0 Å². The van der Waals surface area contributed by atoms with Gasteiger partial charge in [0.05, 0.1) is 0 Å². The first-order chi connectivity index (χ1) is 10.3. The van der Waals surface area contributed by atoms with Crippen LogP contribution in [0.4, 0.5) is 5.82 Å². The first-order valence-corrected chi connectivity index (χ1v) is 8.07. The Bertz CT molecular complexity index is 591. The molecule has 0 bridgehead atoms. The first kappa shape index (κ1) is 14.3. The van der Waals surface area contributed by atoms with Gasteiger partial charge in [-0.15, -0.1) is 0 Å². The number of pyridine rings is 1. The van der Waals surface area contributed by atoms with Crippen LogP contribution in [0.5, 0.6) is 0 Å². The zero-order chi connectivity index (χ0) is 14.7. The molecule has 1 fully saturated rings. The van der Waals surface area contributed by atoms with E-state index in [0.29, 0.717) is 6.04 Å². The van der Waals surface area contributed by atoms with Crippen molar-refractivity contribution in [2.75, 3.05) is 24.5 Å². The third-order valence-corrected chi connectivity index (χ3v) is 4.23. The third kappa shape index (κ3) is 3.02. The Morgan fingerprint density at radius 1 is 1.33 bits per heavy atom. The molecule has 0 amide bonds. The molecule has 2 aromatic heterocycles. The standard InChI is InChI=1S/C16H25N5/c1-3-7-17-11-14-6-4-5-8-20(14)16-10-13(2)9-15-18-12-19-21(15)16/h9-10,12,14,17H,3-8,11H2,1-2H3. The van der Waals surface area contributed by atoms with Gasteiger partial charge in [0.2, 0.25) is 0 Å². The molecule has 0 radical (unpaired) electrons. The maximum absolute atomic E-state index is 4.41. The summed E-state index contributed by atoms with van der Waals surface area (Å²) < 4.78 is 1.98. The highest BCUT2D eigenvalue weighted by Crippen LogP contribution is 2.25. The summed E-state index contributed by atoms with van der Waals surface area (Å²) >= 11 is 0. The minimum absolute atomic E-state index is 0.555. The molecule has 1 atom stereocenters. The van der Waals surface area contributed by atoms with Crippen molar-refractivity contribution in [3.05, 3.63) is 24.0 Å². The van der Waals surface area contributed by atoms with Crippen molar-refractivity contribution in [2.45, 2.75) is 45.6 Å². The number of hydrogen-bond acceptors (Lipinski definition) is 4. The summed E-state index contributed by atoms with van der Waals surface area (Å²) in [4.78, 5) is 6.86. The molecule has 1 N–H and O–H groups in total. The normalized spacial score (nSPS) is 19.3. The first-order valence-electron chi connectivity index (χ1n) is 8.07. The Labute approximate surface area is 126 Å². The summed E-state index contributed by atoms with van der Waals surface area (Å²) in [5.41, 5.74) is 2.19. The fraction of sp³-hybridized carbons (Fsp3) is 0.625. The van der Waals surface area contributed by atoms with Crippen molar-refractivity contribution in [3.63, 3.8) is 0 Å². The number of aromatic nitrogens is 3. The number of hydrogen-bond donors (Lipinski definition) is 1. The quantitative estimate of drug-likeness (QED) is 0.858. The lowest BCUT2D eigenvalue weighted by Gasteiger charge is -2.37. The van der Waals surface area contributed by atoms with Crippen molar-refractivity contribution in [2.24, 2.45) is 0 Å². The average Bonchev–Trinajstić information content (AvgIpc) is 2.95. The molecule has 1 aliphatic rings. The average molecular weight is 287 g/mol. The maximum Gasteiger partial charge on any atom is 0.157 e. The zero-order valence-corrected chi connectivity index (χ0v) is 13.0. The Hall–Kier alpha value is -1.62. The highest BCUT2D eigenvalue weighted by molar-refractivity contribution is 5.53. The highest BCUT2D eigenvalue weighted by atomic mass is 15.4. The number of nitrogens with one attached hydrogen (secondary N) is 1. The van der Waals surface area contributed by atoms with Crippen LogP contribution in [-0.2, 0) is 0 Å². The number of piperidine rings is 1. The Balaban J connectivity index is 1.88. The van der Waals surface area contributed by atoms with Crippen molar-refractivity contribution >= 4 is 11.5 Å². The van der Waals surface area contributed by atoms with Crippen molar-refractivity contribution in [1.82, 2.24) is 19.9 Å². The Morgan fingerprint density at radius 3 is 3.10 bits per heavy atom. The summed E-state index contributed by atoms with van der Waals surface area (Å²) in [6.07, 6.45) is 6.66.